The molecule has 0 aromatic carbocycles. The predicted molar refractivity (Wildman–Crippen MR) is 41.2 cm³/mol. The molecule has 0 aromatic rings. The molecule has 0 saturated heterocycles. The van der Waals surface area contributed by atoms with Crippen LogP contribution in [0.5, 0.6) is 0 Å². The Kier molecular flexibility index (Phi) is 2.56. The normalized spacial score (nSPS) is 23.3. The highest BCUT2D eigenvalue weighted by molar-refractivity contribution is 5.01. The third kappa shape index (κ3) is 1.70. The highest BCUT2D eigenvalue weighted by atomic mass is 14.3. The van der Waals surface area contributed by atoms with Crippen molar-refractivity contribution in [2.24, 2.45) is 5.92 Å². The zero-order valence-corrected chi connectivity index (χ0v) is 6.61. The van der Waals surface area contributed by atoms with Crippen LogP contribution in [0.3, 0.4) is 0 Å². The molecule has 1 aliphatic rings. The second kappa shape index (κ2) is 3.24. The van der Waals surface area contributed by atoms with Crippen LogP contribution < -0.4 is 0 Å². The maximum atomic E-state index is 2.37. The molecule has 1 aliphatic carbocycles. The molecule has 0 heteroatoms. The first-order valence-corrected chi connectivity index (χ1v) is 4.19. The van der Waals surface area contributed by atoms with Crippen LogP contribution in [0, 0.1) is 11.8 Å². The van der Waals surface area contributed by atoms with Gasteiger partial charge in [0.1, 0.15) is 0 Å². The van der Waals surface area contributed by atoms with Crippen LogP contribution in [-0.4, -0.2) is 0 Å². The van der Waals surface area contributed by atoms with Crippen molar-refractivity contribution in [3.8, 4) is 0 Å². The molecular weight excluding hydrogens is 108 g/mol. The Morgan fingerprint density at radius 1 is 1.44 bits per heavy atom. The minimum absolute atomic E-state index is 0.934. The summed E-state index contributed by atoms with van der Waals surface area (Å²) >= 11 is 0. The smallest absolute Gasteiger partial charge is 0.0213 e. The van der Waals surface area contributed by atoms with Crippen molar-refractivity contribution >= 4 is 0 Å². The SMILES string of the molecule is CCCC(C)[C]1CCC1. The second-order valence-electron chi connectivity index (χ2n) is 3.20. The lowest BCUT2D eigenvalue weighted by Crippen LogP contribution is -2.16. The van der Waals surface area contributed by atoms with E-state index in [1.165, 1.54) is 32.1 Å². The molecule has 1 saturated carbocycles. The zero-order valence-electron chi connectivity index (χ0n) is 6.61. The molecule has 0 bridgehead atoms. The van der Waals surface area contributed by atoms with Crippen LogP contribution in [-0.2, 0) is 0 Å². The van der Waals surface area contributed by atoms with Crippen LogP contribution >= 0.6 is 0 Å². The molecule has 0 N–H and O–H groups in total. The average Bonchev–Trinajstić information content (AvgIpc) is 1.60. The van der Waals surface area contributed by atoms with Crippen molar-refractivity contribution in [1.82, 2.24) is 0 Å². The lowest BCUT2D eigenvalue weighted by molar-refractivity contribution is 0.397. The highest BCUT2D eigenvalue weighted by Gasteiger charge is 2.23. The van der Waals surface area contributed by atoms with Crippen LogP contribution in [0.1, 0.15) is 46.0 Å². The van der Waals surface area contributed by atoms with Gasteiger partial charge in [-0.2, -0.15) is 0 Å². The Labute approximate surface area is 58.7 Å². The van der Waals surface area contributed by atoms with Gasteiger partial charge >= 0.3 is 0 Å². The van der Waals surface area contributed by atoms with Gasteiger partial charge in [-0.1, -0.05) is 33.1 Å². The average molecular weight is 125 g/mol. The molecule has 1 unspecified atom stereocenters. The maximum absolute atomic E-state index is 2.37. The van der Waals surface area contributed by atoms with Crippen LogP contribution in [0.4, 0.5) is 0 Å². The number of hydrogen-bond acceptors (Lipinski definition) is 0. The summed E-state index contributed by atoms with van der Waals surface area (Å²) in [5.74, 6) is 2.76. The number of rotatable bonds is 3. The van der Waals surface area contributed by atoms with E-state index >= 15 is 0 Å². The van der Waals surface area contributed by atoms with E-state index in [0.717, 1.165) is 5.92 Å². The largest absolute Gasteiger partial charge is 0.0654 e. The summed E-state index contributed by atoms with van der Waals surface area (Å²) in [6.45, 7) is 4.65. The molecule has 53 valence electrons. The van der Waals surface area contributed by atoms with E-state index in [4.69, 9.17) is 0 Å². The first kappa shape index (κ1) is 7.11. The summed E-state index contributed by atoms with van der Waals surface area (Å²) in [5, 5.41) is 0. The number of hydrogen-bond donors (Lipinski definition) is 0. The van der Waals surface area contributed by atoms with Gasteiger partial charge in [0.25, 0.3) is 0 Å². The van der Waals surface area contributed by atoms with E-state index in [1.54, 1.807) is 0 Å². The van der Waals surface area contributed by atoms with Gasteiger partial charge in [0.2, 0.25) is 0 Å². The molecule has 0 nitrogen and oxygen atoms in total. The predicted octanol–water partition coefficient (Wildman–Crippen LogP) is 3.18. The summed E-state index contributed by atoms with van der Waals surface area (Å²) in [7, 11) is 0. The summed E-state index contributed by atoms with van der Waals surface area (Å²) < 4.78 is 0. The van der Waals surface area contributed by atoms with E-state index < -0.39 is 0 Å². The van der Waals surface area contributed by atoms with Crippen LogP contribution in [0.2, 0.25) is 0 Å². The summed E-state index contributed by atoms with van der Waals surface area (Å²) in [6.07, 6.45) is 7.09. The van der Waals surface area contributed by atoms with Gasteiger partial charge in [-0.05, 0) is 24.7 Å². The fourth-order valence-corrected chi connectivity index (χ4v) is 1.51. The van der Waals surface area contributed by atoms with E-state index in [-0.39, 0.29) is 0 Å². The van der Waals surface area contributed by atoms with E-state index in [9.17, 15) is 0 Å². The Balaban J connectivity index is 2.08. The van der Waals surface area contributed by atoms with Crippen molar-refractivity contribution in [3.63, 3.8) is 0 Å². The lowest BCUT2D eigenvalue weighted by atomic mass is 9.75. The molecule has 9 heavy (non-hydrogen) atoms. The van der Waals surface area contributed by atoms with E-state index in [0.29, 0.717) is 0 Å². The van der Waals surface area contributed by atoms with Crippen molar-refractivity contribution in [1.29, 1.82) is 0 Å². The minimum atomic E-state index is 0.934. The third-order valence-corrected chi connectivity index (χ3v) is 2.41. The second-order valence-corrected chi connectivity index (χ2v) is 3.20. The monoisotopic (exact) mass is 125 g/mol. The first-order chi connectivity index (χ1) is 4.34. The highest BCUT2D eigenvalue weighted by Crippen LogP contribution is 2.37. The summed E-state index contributed by atoms with van der Waals surface area (Å²) in [5.41, 5.74) is 0. The molecule has 0 aliphatic heterocycles. The van der Waals surface area contributed by atoms with E-state index in [1.807, 2.05) is 5.92 Å². The van der Waals surface area contributed by atoms with Gasteiger partial charge in [0.15, 0.2) is 0 Å². The summed E-state index contributed by atoms with van der Waals surface area (Å²) in [6, 6.07) is 0. The van der Waals surface area contributed by atoms with Gasteiger partial charge in [-0.15, -0.1) is 0 Å². The minimum Gasteiger partial charge on any atom is -0.0654 e. The fraction of sp³-hybridized carbons (Fsp3) is 0.889. The molecule has 0 amide bonds. The molecule has 0 spiro atoms. The zero-order chi connectivity index (χ0) is 6.69. The lowest BCUT2D eigenvalue weighted by Gasteiger charge is -2.30. The van der Waals surface area contributed by atoms with Gasteiger partial charge in [0.05, 0.1) is 0 Å². The van der Waals surface area contributed by atoms with Crippen molar-refractivity contribution in [2.75, 3.05) is 0 Å². The van der Waals surface area contributed by atoms with Crippen LogP contribution in [0.25, 0.3) is 0 Å². The van der Waals surface area contributed by atoms with Gasteiger partial charge < -0.3 is 0 Å². The molecule has 0 heterocycles. The molecular formula is C9H17. The first-order valence-electron chi connectivity index (χ1n) is 4.19. The quantitative estimate of drug-likeness (QED) is 0.543. The molecule has 1 atom stereocenters. The maximum Gasteiger partial charge on any atom is -0.0213 e. The van der Waals surface area contributed by atoms with Gasteiger partial charge in [-0.25, -0.2) is 0 Å². The fourth-order valence-electron chi connectivity index (χ4n) is 1.51. The topological polar surface area (TPSA) is 0 Å². The van der Waals surface area contributed by atoms with Gasteiger partial charge in [-0.3, -0.25) is 0 Å². The Bertz CT molecular complexity index is 72.1. The van der Waals surface area contributed by atoms with Gasteiger partial charge in [0, 0.05) is 0 Å². The van der Waals surface area contributed by atoms with E-state index in [2.05, 4.69) is 13.8 Å². The summed E-state index contributed by atoms with van der Waals surface area (Å²) in [4.78, 5) is 0. The Morgan fingerprint density at radius 3 is 2.44 bits per heavy atom. The van der Waals surface area contributed by atoms with Crippen molar-refractivity contribution in [3.05, 3.63) is 5.92 Å². The standard InChI is InChI=1S/C9H17/c1-3-5-8(2)9-6-4-7-9/h8H,3-7H2,1-2H3. The molecule has 1 radical (unpaired) electrons. The van der Waals surface area contributed by atoms with Crippen LogP contribution in [0.15, 0.2) is 0 Å². The molecule has 0 aromatic heterocycles. The van der Waals surface area contributed by atoms with Crippen molar-refractivity contribution < 1.29 is 0 Å². The Hall–Kier alpha value is 0. The molecule has 1 fully saturated rings. The third-order valence-electron chi connectivity index (χ3n) is 2.41. The Morgan fingerprint density at radius 2 is 2.11 bits per heavy atom. The molecule has 1 rings (SSSR count). The van der Waals surface area contributed by atoms with Crippen molar-refractivity contribution in [2.45, 2.75) is 46.0 Å².